The van der Waals surface area contributed by atoms with Crippen LogP contribution in [0.1, 0.15) is 25.8 Å². The molecule has 21 heavy (non-hydrogen) atoms. The molecule has 0 radical (unpaired) electrons. The summed E-state index contributed by atoms with van der Waals surface area (Å²) in [6.07, 6.45) is 0.504. The SMILES string of the molecule is Cc1cccc(OC(C)C(=O)N2CCC(C)(CN)C2)c1.Cl. The molecule has 1 saturated heterocycles. The van der Waals surface area contributed by atoms with Crippen molar-refractivity contribution in [2.45, 2.75) is 33.3 Å². The molecule has 1 heterocycles. The highest BCUT2D eigenvalue weighted by Gasteiger charge is 2.36. The van der Waals surface area contributed by atoms with E-state index in [0.717, 1.165) is 30.8 Å². The maximum absolute atomic E-state index is 12.4. The van der Waals surface area contributed by atoms with Crippen LogP contribution in [0.15, 0.2) is 24.3 Å². The van der Waals surface area contributed by atoms with Gasteiger partial charge in [-0.3, -0.25) is 4.79 Å². The number of carbonyl (C=O) groups excluding carboxylic acids is 1. The molecule has 2 N–H and O–H groups in total. The van der Waals surface area contributed by atoms with Crippen molar-refractivity contribution in [2.24, 2.45) is 11.1 Å². The van der Waals surface area contributed by atoms with Gasteiger partial charge in [0.15, 0.2) is 6.10 Å². The largest absolute Gasteiger partial charge is 0.481 e. The van der Waals surface area contributed by atoms with E-state index in [4.69, 9.17) is 10.5 Å². The van der Waals surface area contributed by atoms with Gasteiger partial charge >= 0.3 is 0 Å². The monoisotopic (exact) mass is 312 g/mol. The Kier molecular flexibility index (Phi) is 6.05. The average molecular weight is 313 g/mol. The molecule has 1 aromatic rings. The normalized spacial score (nSPS) is 22.6. The zero-order valence-corrected chi connectivity index (χ0v) is 13.8. The summed E-state index contributed by atoms with van der Waals surface area (Å²) in [7, 11) is 0. The van der Waals surface area contributed by atoms with E-state index in [2.05, 4.69) is 6.92 Å². The van der Waals surface area contributed by atoms with Gasteiger partial charge in [0.2, 0.25) is 0 Å². The second-order valence-corrected chi connectivity index (χ2v) is 6.10. The summed E-state index contributed by atoms with van der Waals surface area (Å²) in [4.78, 5) is 14.3. The maximum Gasteiger partial charge on any atom is 0.263 e. The van der Waals surface area contributed by atoms with Crippen molar-refractivity contribution >= 4 is 18.3 Å². The van der Waals surface area contributed by atoms with Crippen LogP contribution in [0.4, 0.5) is 0 Å². The van der Waals surface area contributed by atoms with Crippen LogP contribution in [-0.4, -0.2) is 36.5 Å². The summed E-state index contributed by atoms with van der Waals surface area (Å²) in [5, 5.41) is 0. The van der Waals surface area contributed by atoms with Gasteiger partial charge in [-0.05, 0) is 49.9 Å². The molecule has 118 valence electrons. The van der Waals surface area contributed by atoms with Gasteiger partial charge in [0.25, 0.3) is 5.91 Å². The third-order valence-electron chi connectivity index (χ3n) is 4.01. The van der Waals surface area contributed by atoms with Crippen molar-refractivity contribution in [3.8, 4) is 5.75 Å². The van der Waals surface area contributed by atoms with E-state index in [1.807, 2.05) is 43.0 Å². The Morgan fingerprint density at radius 1 is 1.52 bits per heavy atom. The van der Waals surface area contributed by atoms with E-state index < -0.39 is 6.10 Å². The second kappa shape index (κ2) is 7.14. The standard InChI is InChI=1S/C16H24N2O2.ClH/c1-12-5-4-6-14(9-12)20-13(2)15(19)18-8-7-16(3,10-17)11-18;/h4-6,9,13H,7-8,10-11,17H2,1-3H3;1H. The van der Waals surface area contributed by atoms with Gasteiger partial charge in [-0.15, -0.1) is 12.4 Å². The fourth-order valence-corrected chi connectivity index (χ4v) is 2.58. The Labute approximate surface area is 133 Å². The number of rotatable bonds is 4. The van der Waals surface area contributed by atoms with Gasteiger partial charge in [-0.1, -0.05) is 19.1 Å². The van der Waals surface area contributed by atoms with Crippen LogP contribution in [0.2, 0.25) is 0 Å². The number of hydrogen-bond donors (Lipinski definition) is 1. The fourth-order valence-electron chi connectivity index (χ4n) is 2.58. The first-order valence-electron chi connectivity index (χ1n) is 7.16. The third kappa shape index (κ3) is 4.35. The predicted octanol–water partition coefficient (Wildman–Crippen LogP) is 2.38. The third-order valence-corrected chi connectivity index (χ3v) is 4.01. The number of benzene rings is 1. The Balaban J connectivity index is 0.00000220. The maximum atomic E-state index is 12.4. The highest BCUT2D eigenvalue weighted by atomic mass is 35.5. The van der Waals surface area contributed by atoms with Crippen LogP contribution in [-0.2, 0) is 4.79 Å². The number of aryl methyl sites for hydroxylation is 1. The molecule has 1 aliphatic heterocycles. The molecule has 4 nitrogen and oxygen atoms in total. The molecule has 1 aliphatic rings. The van der Waals surface area contributed by atoms with Crippen LogP contribution in [0.25, 0.3) is 0 Å². The molecular formula is C16H25ClN2O2. The number of halogens is 1. The molecule has 0 spiro atoms. The van der Waals surface area contributed by atoms with Crippen molar-refractivity contribution < 1.29 is 9.53 Å². The minimum absolute atomic E-state index is 0. The molecule has 0 aromatic heterocycles. The first-order chi connectivity index (χ1) is 9.43. The Bertz CT molecular complexity index is 495. The highest BCUT2D eigenvalue weighted by molar-refractivity contribution is 5.85. The lowest BCUT2D eigenvalue weighted by Crippen LogP contribution is -2.41. The van der Waals surface area contributed by atoms with Gasteiger partial charge in [0, 0.05) is 13.1 Å². The lowest BCUT2D eigenvalue weighted by atomic mass is 9.90. The van der Waals surface area contributed by atoms with E-state index in [-0.39, 0.29) is 23.7 Å². The predicted molar refractivity (Wildman–Crippen MR) is 86.9 cm³/mol. The molecule has 1 amide bonds. The number of ether oxygens (including phenoxy) is 1. The van der Waals surface area contributed by atoms with Crippen LogP contribution in [0.5, 0.6) is 5.75 Å². The van der Waals surface area contributed by atoms with Gasteiger partial charge in [-0.2, -0.15) is 0 Å². The molecule has 0 saturated carbocycles. The minimum Gasteiger partial charge on any atom is -0.481 e. The first kappa shape index (κ1) is 17.8. The van der Waals surface area contributed by atoms with Gasteiger partial charge < -0.3 is 15.4 Å². The summed E-state index contributed by atoms with van der Waals surface area (Å²) in [6.45, 7) is 8.06. The number of nitrogens with zero attached hydrogens (tertiary/aromatic N) is 1. The summed E-state index contributed by atoms with van der Waals surface area (Å²) in [5.41, 5.74) is 6.96. The summed E-state index contributed by atoms with van der Waals surface area (Å²) >= 11 is 0. The van der Waals surface area contributed by atoms with Gasteiger partial charge in [0.1, 0.15) is 5.75 Å². The summed E-state index contributed by atoms with van der Waals surface area (Å²) < 4.78 is 5.75. The Morgan fingerprint density at radius 2 is 2.24 bits per heavy atom. The van der Waals surface area contributed by atoms with Crippen molar-refractivity contribution in [3.63, 3.8) is 0 Å². The molecule has 2 atom stereocenters. The van der Waals surface area contributed by atoms with E-state index in [9.17, 15) is 4.79 Å². The molecule has 1 fully saturated rings. The van der Waals surface area contributed by atoms with Crippen LogP contribution in [0, 0.1) is 12.3 Å². The van der Waals surface area contributed by atoms with E-state index in [1.54, 1.807) is 0 Å². The number of carbonyl (C=O) groups is 1. The topological polar surface area (TPSA) is 55.6 Å². The van der Waals surface area contributed by atoms with Gasteiger partial charge in [0.05, 0.1) is 0 Å². The molecule has 5 heteroatoms. The van der Waals surface area contributed by atoms with E-state index >= 15 is 0 Å². The number of amides is 1. The minimum atomic E-state index is -0.461. The number of likely N-dealkylation sites (tertiary alicyclic amines) is 1. The average Bonchev–Trinajstić information content (AvgIpc) is 2.81. The first-order valence-corrected chi connectivity index (χ1v) is 7.16. The van der Waals surface area contributed by atoms with E-state index in [0.29, 0.717) is 6.54 Å². The summed E-state index contributed by atoms with van der Waals surface area (Å²) in [6, 6.07) is 7.76. The van der Waals surface area contributed by atoms with Crippen molar-refractivity contribution in [2.75, 3.05) is 19.6 Å². The molecule has 0 bridgehead atoms. The molecule has 2 rings (SSSR count). The van der Waals surface area contributed by atoms with E-state index in [1.165, 1.54) is 0 Å². The van der Waals surface area contributed by atoms with Crippen LogP contribution < -0.4 is 10.5 Å². The summed E-state index contributed by atoms with van der Waals surface area (Å²) in [5.74, 6) is 0.787. The lowest BCUT2D eigenvalue weighted by molar-refractivity contribution is -0.137. The Morgan fingerprint density at radius 3 is 2.81 bits per heavy atom. The van der Waals surface area contributed by atoms with Crippen molar-refractivity contribution in [3.05, 3.63) is 29.8 Å². The zero-order chi connectivity index (χ0) is 14.8. The Hall–Kier alpha value is -1.26. The highest BCUT2D eigenvalue weighted by Crippen LogP contribution is 2.29. The quantitative estimate of drug-likeness (QED) is 0.928. The molecule has 1 aromatic carbocycles. The van der Waals surface area contributed by atoms with Crippen LogP contribution >= 0.6 is 12.4 Å². The zero-order valence-electron chi connectivity index (χ0n) is 13.0. The molecule has 0 aliphatic carbocycles. The molecular weight excluding hydrogens is 288 g/mol. The molecule has 2 unspecified atom stereocenters. The van der Waals surface area contributed by atoms with Crippen molar-refractivity contribution in [1.82, 2.24) is 4.90 Å². The number of nitrogens with two attached hydrogens (primary N) is 1. The van der Waals surface area contributed by atoms with Gasteiger partial charge in [-0.25, -0.2) is 0 Å². The number of hydrogen-bond acceptors (Lipinski definition) is 3. The lowest BCUT2D eigenvalue weighted by Gasteiger charge is -2.25. The van der Waals surface area contributed by atoms with Crippen molar-refractivity contribution in [1.29, 1.82) is 0 Å². The second-order valence-electron chi connectivity index (χ2n) is 6.10. The fraction of sp³-hybridized carbons (Fsp3) is 0.562. The van der Waals surface area contributed by atoms with Crippen LogP contribution in [0.3, 0.4) is 0 Å². The smallest absolute Gasteiger partial charge is 0.263 e.